The molecule has 0 radical (unpaired) electrons. The lowest BCUT2D eigenvalue weighted by Crippen LogP contribution is -2.35. The maximum atomic E-state index is 13.1. The van der Waals surface area contributed by atoms with Crippen molar-refractivity contribution in [3.05, 3.63) is 70.5 Å². The highest BCUT2D eigenvalue weighted by molar-refractivity contribution is 6.31. The third-order valence-corrected chi connectivity index (χ3v) is 6.25. The number of nitrogens with one attached hydrogen (secondary N) is 4. The lowest BCUT2D eigenvalue weighted by atomic mass is 10.1. The van der Waals surface area contributed by atoms with Crippen LogP contribution in [0.4, 0.5) is 15.9 Å². The molecule has 1 aliphatic heterocycles. The van der Waals surface area contributed by atoms with Gasteiger partial charge in [0.25, 0.3) is 0 Å². The van der Waals surface area contributed by atoms with Gasteiger partial charge in [-0.1, -0.05) is 11.6 Å². The Labute approximate surface area is 197 Å². The Hall–Kier alpha value is -3.10. The Bertz CT molecular complexity index is 1110. The van der Waals surface area contributed by atoms with Crippen LogP contribution in [0.3, 0.4) is 0 Å². The van der Waals surface area contributed by atoms with E-state index in [1.807, 2.05) is 6.92 Å². The lowest BCUT2D eigenvalue weighted by Gasteiger charge is -2.17. The number of anilines is 2. The lowest BCUT2D eigenvalue weighted by molar-refractivity contribution is -0.125. The van der Waals surface area contributed by atoms with Gasteiger partial charge in [0, 0.05) is 24.1 Å². The summed E-state index contributed by atoms with van der Waals surface area (Å²) in [6, 6.07) is 7.95. The first kappa shape index (κ1) is 23.1. The van der Waals surface area contributed by atoms with E-state index in [1.54, 1.807) is 44.3 Å². The molecule has 0 bridgehead atoms. The minimum atomic E-state index is -0.490. The van der Waals surface area contributed by atoms with Crippen molar-refractivity contribution in [1.82, 2.24) is 15.7 Å². The molecule has 4 N–H and O–H groups in total. The number of amides is 1. The summed E-state index contributed by atoms with van der Waals surface area (Å²) >= 11 is 6.46. The normalized spacial score (nSPS) is 19.2. The van der Waals surface area contributed by atoms with Crippen molar-refractivity contribution >= 4 is 29.0 Å². The fraction of sp³-hybridized carbons (Fsp3) is 0.333. The molecule has 1 fully saturated rings. The second kappa shape index (κ2) is 9.41. The van der Waals surface area contributed by atoms with Crippen molar-refractivity contribution in [1.29, 1.82) is 0 Å². The number of carbonyl (C=O) groups excluding carboxylic acids is 1. The maximum absolute atomic E-state index is 13.1. The van der Waals surface area contributed by atoms with E-state index in [9.17, 15) is 9.18 Å². The van der Waals surface area contributed by atoms with Gasteiger partial charge < -0.3 is 20.8 Å². The molecular weight excluding hydrogens is 445 g/mol. The number of aromatic nitrogens is 1. The van der Waals surface area contributed by atoms with Crippen LogP contribution in [0.2, 0.25) is 0 Å². The average molecular weight is 472 g/mol. The highest BCUT2D eigenvalue weighted by Gasteiger charge is 2.49. The van der Waals surface area contributed by atoms with E-state index in [0.29, 0.717) is 28.8 Å². The third kappa shape index (κ3) is 5.29. The molecule has 1 unspecified atom stereocenters. The fourth-order valence-electron chi connectivity index (χ4n) is 3.64. The van der Waals surface area contributed by atoms with Crippen LogP contribution in [0.15, 0.2) is 59.1 Å². The Kier molecular flexibility index (Phi) is 6.58. The van der Waals surface area contributed by atoms with Crippen molar-refractivity contribution < 1.29 is 13.9 Å². The number of ether oxygens (including phenoxy) is 1. The van der Waals surface area contributed by atoms with Crippen LogP contribution in [0.1, 0.15) is 45.2 Å². The number of benzene rings is 1. The van der Waals surface area contributed by atoms with Crippen molar-refractivity contribution in [2.75, 3.05) is 17.3 Å². The minimum absolute atomic E-state index is 0.0572. The van der Waals surface area contributed by atoms with Crippen LogP contribution in [0, 0.1) is 11.2 Å². The molecule has 1 atom stereocenters. The molecule has 1 aromatic heterocycles. The number of fused-ring (bicyclic) bond motifs is 1. The number of hydrogen-bond donors (Lipinski definition) is 4. The molecule has 2 heterocycles. The zero-order chi connectivity index (χ0) is 23.6. The van der Waals surface area contributed by atoms with Gasteiger partial charge in [-0.25, -0.2) is 14.8 Å². The summed E-state index contributed by atoms with van der Waals surface area (Å²) in [6.45, 7) is 6.05. The summed E-state index contributed by atoms with van der Waals surface area (Å²) in [7, 11) is 0. The summed E-state index contributed by atoms with van der Waals surface area (Å²) in [5.74, 6) is 1.63. The smallest absolute Gasteiger partial charge is 0.232 e. The molecule has 2 aromatic rings. The summed E-state index contributed by atoms with van der Waals surface area (Å²) in [4.78, 5) is 17.2. The molecule has 1 amide bonds. The van der Waals surface area contributed by atoms with Crippen LogP contribution in [0.25, 0.3) is 0 Å². The molecule has 174 valence electrons. The molecule has 7 nitrogen and oxygen atoms in total. The molecule has 1 aliphatic carbocycles. The zero-order valence-corrected chi connectivity index (χ0v) is 19.5. The SMILES string of the molecule is C/C(NC(=O)C1(CNc2ccc(F)cc2)CC1)=C(Cl)\C=C(/C)Oc1ccnc2c1C(C)NN2. The van der Waals surface area contributed by atoms with Crippen molar-refractivity contribution in [3.8, 4) is 5.75 Å². The fourth-order valence-corrected chi connectivity index (χ4v) is 3.84. The van der Waals surface area contributed by atoms with Crippen molar-refractivity contribution in [3.63, 3.8) is 0 Å². The number of hydrogen-bond acceptors (Lipinski definition) is 6. The third-order valence-electron chi connectivity index (χ3n) is 5.86. The summed E-state index contributed by atoms with van der Waals surface area (Å²) in [6.07, 6.45) is 4.92. The topological polar surface area (TPSA) is 87.3 Å². The minimum Gasteiger partial charge on any atom is -0.461 e. The van der Waals surface area contributed by atoms with Crippen molar-refractivity contribution in [2.45, 2.75) is 39.7 Å². The number of rotatable bonds is 8. The summed E-state index contributed by atoms with van der Waals surface area (Å²) in [5.41, 5.74) is 7.91. The Balaban J connectivity index is 1.38. The highest BCUT2D eigenvalue weighted by Crippen LogP contribution is 2.46. The first-order valence-electron chi connectivity index (χ1n) is 10.8. The number of hydrazine groups is 1. The first-order chi connectivity index (χ1) is 15.8. The van der Waals surface area contributed by atoms with Gasteiger partial charge in [0.2, 0.25) is 5.91 Å². The summed E-state index contributed by atoms with van der Waals surface area (Å²) < 4.78 is 19.1. The van der Waals surface area contributed by atoms with Gasteiger partial charge in [-0.05, 0) is 70.0 Å². The van der Waals surface area contributed by atoms with Gasteiger partial charge in [0.1, 0.15) is 23.1 Å². The number of allylic oxidation sites excluding steroid dienone is 4. The van der Waals surface area contributed by atoms with Gasteiger partial charge >= 0.3 is 0 Å². The van der Waals surface area contributed by atoms with E-state index in [0.717, 1.165) is 29.9 Å². The van der Waals surface area contributed by atoms with Crippen LogP contribution in [-0.2, 0) is 4.79 Å². The van der Waals surface area contributed by atoms with Gasteiger partial charge in [-0.3, -0.25) is 4.79 Å². The van der Waals surface area contributed by atoms with Gasteiger partial charge in [0.15, 0.2) is 0 Å². The predicted molar refractivity (Wildman–Crippen MR) is 127 cm³/mol. The molecule has 4 rings (SSSR count). The highest BCUT2D eigenvalue weighted by atomic mass is 35.5. The Morgan fingerprint density at radius 2 is 2.03 bits per heavy atom. The second-order valence-electron chi connectivity index (χ2n) is 8.49. The molecule has 2 aliphatic rings. The van der Waals surface area contributed by atoms with E-state index in [1.165, 1.54) is 12.1 Å². The monoisotopic (exact) mass is 471 g/mol. The molecular formula is C24H27ClFN5O2. The van der Waals surface area contributed by atoms with E-state index < -0.39 is 5.41 Å². The number of pyridine rings is 1. The largest absolute Gasteiger partial charge is 0.461 e. The van der Waals surface area contributed by atoms with Gasteiger partial charge in [0.05, 0.1) is 22.1 Å². The van der Waals surface area contributed by atoms with E-state index in [4.69, 9.17) is 16.3 Å². The van der Waals surface area contributed by atoms with Crippen molar-refractivity contribution in [2.24, 2.45) is 5.41 Å². The van der Waals surface area contributed by atoms with E-state index in [2.05, 4.69) is 26.5 Å². The molecule has 0 saturated heterocycles. The molecule has 1 aromatic carbocycles. The number of nitrogens with zero attached hydrogens (tertiary/aromatic N) is 1. The van der Waals surface area contributed by atoms with Crippen LogP contribution in [0.5, 0.6) is 5.75 Å². The summed E-state index contributed by atoms with van der Waals surface area (Å²) in [5, 5.41) is 6.53. The van der Waals surface area contributed by atoms with Gasteiger partial charge in [-0.2, -0.15) is 0 Å². The molecule has 1 saturated carbocycles. The van der Waals surface area contributed by atoms with Crippen LogP contribution < -0.4 is 26.2 Å². The average Bonchev–Trinajstić information content (AvgIpc) is 3.49. The first-order valence-corrected chi connectivity index (χ1v) is 11.2. The van der Waals surface area contributed by atoms with Crippen LogP contribution in [-0.4, -0.2) is 17.4 Å². The zero-order valence-electron chi connectivity index (χ0n) is 18.8. The predicted octanol–water partition coefficient (Wildman–Crippen LogP) is 4.97. The number of carbonyl (C=O) groups is 1. The molecule has 0 spiro atoms. The van der Waals surface area contributed by atoms with Gasteiger partial charge in [-0.15, -0.1) is 0 Å². The van der Waals surface area contributed by atoms with E-state index in [-0.39, 0.29) is 17.8 Å². The molecule has 9 heteroatoms. The quantitative estimate of drug-likeness (QED) is 0.321. The maximum Gasteiger partial charge on any atom is 0.232 e. The van der Waals surface area contributed by atoms with Crippen LogP contribution >= 0.6 is 11.6 Å². The number of halogens is 2. The van der Waals surface area contributed by atoms with E-state index >= 15 is 0 Å². The molecule has 33 heavy (non-hydrogen) atoms. The standard InChI is InChI=1S/C24H27ClFN5O2/c1-14(33-20-8-11-27-22-21(20)16(3)30-31-22)12-19(25)15(2)29-23(32)24(9-10-24)13-28-18-6-4-17(26)5-7-18/h4-8,11-12,16,28,30H,9-10,13H2,1-3H3,(H,27,31)(H,29,32)/b14-12+,19-15-. The Morgan fingerprint density at radius 3 is 2.73 bits per heavy atom. The Morgan fingerprint density at radius 1 is 1.30 bits per heavy atom. The second-order valence-corrected chi connectivity index (χ2v) is 8.89.